The Hall–Kier alpha value is -0.130. The molecule has 5 heteroatoms. The van der Waals surface area contributed by atoms with Crippen molar-refractivity contribution in [3.8, 4) is 0 Å². The van der Waals surface area contributed by atoms with Crippen LogP contribution in [0, 0.1) is 0 Å². The molecular weight excluding hydrogens is 190 g/mol. The second kappa shape index (κ2) is 5.57. The molecule has 0 saturated heterocycles. The van der Waals surface area contributed by atoms with E-state index in [2.05, 4.69) is 0 Å². The summed E-state index contributed by atoms with van der Waals surface area (Å²) >= 11 is 0. The van der Waals surface area contributed by atoms with Crippen LogP contribution in [-0.2, 0) is 14.8 Å². The lowest BCUT2D eigenvalue weighted by Gasteiger charge is -2.18. The van der Waals surface area contributed by atoms with Gasteiger partial charge < -0.3 is 4.74 Å². The average Bonchev–Trinajstić information content (AvgIpc) is 1.95. The van der Waals surface area contributed by atoms with E-state index in [0.717, 1.165) is 0 Å². The Bertz CT molecular complexity index is 224. The zero-order chi connectivity index (χ0) is 10.5. The van der Waals surface area contributed by atoms with E-state index < -0.39 is 10.0 Å². The Morgan fingerprint density at radius 3 is 2.23 bits per heavy atom. The van der Waals surface area contributed by atoms with Gasteiger partial charge in [0, 0.05) is 13.1 Å². The van der Waals surface area contributed by atoms with Crippen LogP contribution in [-0.4, -0.2) is 44.8 Å². The summed E-state index contributed by atoms with van der Waals surface area (Å²) < 4.78 is 28.9. The molecule has 0 saturated carbocycles. The Balaban J connectivity index is 3.88. The van der Waals surface area contributed by atoms with Gasteiger partial charge in [-0.05, 0) is 13.8 Å². The molecule has 0 rings (SSSR count). The van der Waals surface area contributed by atoms with Crippen molar-refractivity contribution in [3.05, 3.63) is 0 Å². The topological polar surface area (TPSA) is 46.6 Å². The SMILES string of the molecule is CCN(CCOC(C)C)S(C)(=O)=O. The van der Waals surface area contributed by atoms with Gasteiger partial charge in [-0.2, -0.15) is 0 Å². The summed E-state index contributed by atoms with van der Waals surface area (Å²) in [4.78, 5) is 0. The van der Waals surface area contributed by atoms with E-state index in [1.165, 1.54) is 10.6 Å². The number of rotatable bonds is 6. The number of sulfonamides is 1. The van der Waals surface area contributed by atoms with Gasteiger partial charge in [0.25, 0.3) is 0 Å². The Morgan fingerprint density at radius 2 is 1.92 bits per heavy atom. The molecule has 13 heavy (non-hydrogen) atoms. The van der Waals surface area contributed by atoms with E-state index in [-0.39, 0.29) is 6.10 Å². The van der Waals surface area contributed by atoms with E-state index in [1.54, 1.807) is 0 Å². The van der Waals surface area contributed by atoms with Crippen molar-refractivity contribution in [1.82, 2.24) is 4.31 Å². The molecule has 0 aromatic rings. The van der Waals surface area contributed by atoms with Crippen molar-refractivity contribution in [3.63, 3.8) is 0 Å². The molecule has 0 aliphatic rings. The summed E-state index contributed by atoms with van der Waals surface area (Å²) in [5.74, 6) is 0. The number of ether oxygens (including phenoxy) is 1. The first-order valence-electron chi connectivity index (χ1n) is 4.44. The van der Waals surface area contributed by atoms with Crippen molar-refractivity contribution < 1.29 is 13.2 Å². The maximum atomic E-state index is 11.1. The standard InChI is InChI=1S/C8H19NO3S/c1-5-9(13(4,10)11)6-7-12-8(2)3/h8H,5-7H2,1-4H3. The molecule has 0 fully saturated rings. The van der Waals surface area contributed by atoms with Crippen molar-refractivity contribution >= 4 is 10.0 Å². The smallest absolute Gasteiger partial charge is 0.211 e. The first-order valence-corrected chi connectivity index (χ1v) is 6.29. The summed E-state index contributed by atoms with van der Waals surface area (Å²) in [6, 6.07) is 0. The van der Waals surface area contributed by atoms with Gasteiger partial charge >= 0.3 is 0 Å². The number of nitrogens with zero attached hydrogens (tertiary/aromatic N) is 1. The number of likely N-dealkylation sites (N-methyl/N-ethyl adjacent to an activating group) is 1. The van der Waals surface area contributed by atoms with Crippen LogP contribution in [0.25, 0.3) is 0 Å². The van der Waals surface area contributed by atoms with Crippen LogP contribution in [0.4, 0.5) is 0 Å². The van der Waals surface area contributed by atoms with E-state index >= 15 is 0 Å². The molecule has 0 amide bonds. The van der Waals surface area contributed by atoms with Gasteiger partial charge in [-0.3, -0.25) is 0 Å². The highest BCUT2D eigenvalue weighted by atomic mass is 32.2. The van der Waals surface area contributed by atoms with Crippen LogP contribution in [0.15, 0.2) is 0 Å². The summed E-state index contributed by atoms with van der Waals surface area (Å²) in [5.41, 5.74) is 0. The molecule has 4 nitrogen and oxygen atoms in total. The molecule has 0 atom stereocenters. The van der Waals surface area contributed by atoms with Gasteiger partial charge in [0.15, 0.2) is 0 Å². The van der Waals surface area contributed by atoms with Gasteiger partial charge in [-0.1, -0.05) is 6.92 Å². The first kappa shape index (κ1) is 12.9. The van der Waals surface area contributed by atoms with Crippen molar-refractivity contribution in [2.24, 2.45) is 0 Å². The highest BCUT2D eigenvalue weighted by Crippen LogP contribution is 1.97. The van der Waals surface area contributed by atoms with Crippen molar-refractivity contribution in [2.75, 3.05) is 26.0 Å². The first-order chi connectivity index (χ1) is 5.88. The van der Waals surface area contributed by atoms with E-state index in [1.807, 2.05) is 20.8 Å². The van der Waals surface area contributed by atoms with Gasteiger partial charge in [0.1, 0.15) is 0 Å². The van der Waals surface area contributed by atoms with Gasteiger partial charge in [-0.15, -0.1) is 0 Å². The Kier molecular flexibility index (Phi) is 5.51. The van der Waals surface area contributed by atoms with Crippen LogP contribution >= 0.6 is 0 Å². The average molecular weight is 209 g/mol. The lowest BCUT2D eigenvalue weighted by molar-refractivity contribution is 0.0719. The minimum atomic E-state index is -3.06. The normalized spacial score (nSPS) is 12.8. The zero-order valence-electron chi connectivity index (χ0n) is 8.78. The third kappa shape index (κ3) is 6.01. The molecule has 0 aromatic carbocycles. The molecule has 0 radical (unpaired) electrons. The van der Waals surface area contributed by atoms with E-state index in [0.29, 0.717) is 19.7 Å². The molecule has 0 heterocycles. The van der Waals surface area contributed by atoms with Gasteiger partial charge in [0.2, 0.25) is 10.0 Å². The summed E-state index contributed by atoms with van der Waals surface area (Å²) in [6.45, 7) is 7.07. The van der Waals surface area contributed by atoms with Crippen LogP contribution in [0.2, 0.25) is 0 Å². The van der Waals surface area contributed by atoms with Crippen LogP contribution in [0.5, 0.6) is 0 Å². The maximum Gasteiger partial charge on any atom is 0.211 e. The predicted molar refractivity (Wildman–Crippen MR) is 53.2 cm³/mol. The fraction of sp³-hybridized carbons (Fsp3) is 1.00. The summed E-state index contributed by atoms with van der Waals surface area (Å²) in [5, 5.41) is 0. The molecule has 0 N–H and O–H groups in total. The molecule has 0 aliphatic heterocycles. The lowest BCUT2D eigenvalue weighted by atomic mass is 10.5. The highest BCUT2D eigenvalue weighted by molar-refractivity contribution is 7.88. The lowest BCUT2D eigenvalue weighted by Crippen LogP contribution is -2.33. The minimum absolute atomic E-state index is 0.151. The third-order valence-electron chi connectivity index (χ3n) is 1.61. The van der Waals surface area contributed by atoms with E-state index in [4.69, 9.17) is 4.74 Å². The highest BCUT2D eigenvalue weighted by Gasteiger charge is 2.13. The molecular formula is C8H19NO3S. The minimum Gasteiger partial charge on any atom is -0.377 e. The van der Waals surface area contributed by atoms with Crippen LogP contribution < -0.4 is 0 Å². The molecule has 0 spiro atoms. The zero-order valence-corrected chi connectivity index (χ0v) is 9.60. The maximum absolute atomic E-state index is 11.1. The number of hydrogen-bond donors (Lipinski definition) is 0. The summed E-state index contributed by atoms with van der Waals surface area (Å²) in [7, 11) is -3.06. The second-order valence-electron chi connectivity index (χ2n) is 3.17. The number of hydrogen-bond acceptors (Lipinski definition) is 3. The quantitative estimate of drug-likeness (QED) is 0.646. The molecule has 0 aliphatic carbocycles. The third-order valence-corrected chi connectivity index (χ3v) is 2.99. The van der Waals surface area contributed by atoms with Gasteiger partial charge in [0.05, 0.1) is 19.0 Å². The van der Waals surface area contributed by atoms with Crippen LogP contribution in [0.1, 0.15) is 20.8 Å². The van der Waals surface area contributed by atoms with Crippen LogP contribution in [0.3, 0.4) is 0 Å². The molecule has 80 valence electrons. The predicted octanol–water partition coefficient (Wildman–Crippen LogP) is 0.693. The van der Waals surface area contributed by atoms with E-state index in [9.17, 15) is 8.42 Å². The van der Waals surface area contributed by atoms with Crippen molar-refractivity contribution in [2.45, 2.75) is 26.9 Å². The fourth-order valence-corrected chi connectivity index (χ4v) is 1.82. The molecule has 0 bridgehead atoms. The van der Waals surface area contributed by atoms with Gasteiger partial charge in [-0.25, -0.2) is 12.7 Å². The molecule has 0 unspecified atom stereocenters. The largest absolute Gasteiger partial charge is 0.377 e. The Labute approximate surface area is 80.9 Å². The Morgan fingerprint density at radius 1 is 1.38 bits per heavy atom. The summed E-state index contributed by atoms with van der Waals surface area (Å²) in [6.07, 6.45) is 1.37. The second-order valence-corrected chi connectivity index (χ2v) is 5.16. The monoisotopic (exact) mass is 209 g/mol. The fourth-order valence-electron chi connectivity index (χ4n) is 0.949. The van der Waals surface area contributed by atoms with Crippen molar-refractivity contribution in [1.29, 1.82) is 0 Å². The molecule has 0 aromatic heterocycles.